The minimum absolute atomic E-state index is 0.768. The molecular weight excluding hydrogens is 172 g/mol. The highest BCUT2D eigenvalue weighted by Gasteiger charge is 2.04. The van der Waals surface area contributed by atoms with Gasteiger partial charge in [-0.25, -0.2) is 0 Å². The lowest BCUT2D eigenvalue weighted by Gasteiger charge is -1.98. The van der Waals surface area contributed by atoms with Crippen LogP contribution in [0.2, 0.25) is 5.02 Å². The SMILES string of the molecule is Cc1c(Cl)ccc2c(N)c[nH]c12. The van der Waals surface area contributed by atoms with Gasteiger partial charge in [0.15, 0.2) is 0 Å². The zero-order valence-corrected chi connectivity index (χ0v) is 7.44. The highest BCUT2D eigenvalue weighted by Crippen LogP contribution is 2.27. The average Bonchev–Trinajstić information content (AvgIpc) is 2.41. The third-order valence-electron chi connectivity index (χ3n) is 2.08. The van der Waals surface area contributed by atoms with E-state index in [4.69, 9.17) is 17.3 Å². The predicted molar refractivity (Wildman–Crippen MR) is 52.5 cm³/mol. The van der Waals surface area contributed by atoms with Gasteiger partial charge in [0.05, 0.1) is 11.2 Å². The fourth-order valence-corrected chi connectivity index (χ4v) is 1.50. The van der Waals surface area contributed by atoms with Gasteiger partial charge in [-0.3, -0.25) is 0 Å². The number of hydrogen-bond donors (Lipinski definition) is 2. The second kappa shape index (κ2) is 2.42. The minimum Gasteiger partial charge on any atom is -0.397 e. The van der Waals surface area contributed by atoms with Crippen molar-refractivity contribution in [1.82, 2.24) is 4.98 Å². The maximum Gasteiger partial charge on any atom is 0.0571 e. The Bertz CT molecular complexity index is 431. The first kappa shape index (κ1) is 7.50. The van der Waals surface area contributed by atoms with Crippen LogP contribution in [-0.2, 0) is 0 Å². The lowest BCUT2D eigenvalue weighted by molar-refractivity contribution is 1.42. The minimum atomic E-state index is 0.768. The van der Waals surface area contributed by atoms with Gasteiger partial charge in [0.1, 0.15) is 0 Å². The molecule has 3 N–H and O–H groups in total. The van der Waals surface area contributed by atoms with Crippen molar-refractivity contribution >= 4 is 28.2 Å². The van der Waals surface area contributed by atoms with Gasteiger partial charge in [0, 0.05) is 16.6 Å². The van der Waals surface area contributed by atoms with Crippen LogP contribution < -0.4 is 5.73 Å². The molecule has 2 rings (SSSR count). The highest BCUT2D eigenvalue weighted by atomic mass is 35.5. The zero-order valence-electron chi connectivity index (χ0n) is 6.69. The number of fused-ring (bicyclic) bond motifs is 1. The summed E-state index contributed by atoms with van der Waals surface area (Å²) in [6.07, 6.45) is 1.79. The summed E-state index contributed by atoms with van der Waals surface area (Å²) in [6, 6.07) is 3.79. The first-order valence-electron chi connectivity index (χ1n) is 3.72. The maximum absolute atomic E-state index is 5.94. The molecule has 0 bridgehead atoms. The van der Waals surface area contributed by atoms with E-state index in [1.165, 1.54) is 0 Å². The molecule has 1 heterocycles. The Hall–Kier alpha value is -1.15. The van der Waals surface area contributed by atoms with Crippen LogP contribution in [0, 0.1) is 6.92 Å². The van der Waals surface area contributed by atoms with Crippen LogP contribution in [0.5, 0.6) is 0 Å². The van der Waals surface area contributed by atoms with Crippen molar-refractivity contribution in [1.29, 1.82) is 0 Å². The van der Waals surface area contributed by atoms with E-state index in [9.17, 15) is 0 Å². The Morgan fingerprint density at radius 1 is 1.42 bits per heavy atom. The van der Waals surface area contributed by atoms with Crippen LogP contribution >= 0.6 is 11.6 Å². The van der Waals surface area contributed by atoms with Crippen molar-refractivity contribution in [3.05, 3.63) is 28.9 Å². The van der Waals surface area contributed by atoms with E-state index >= 15 is 0 Å². The van der Waals surface area contributed by atoms with E-state index in [1.54, 1.807) is 6.20 Å². The van der Waals surface area contributed by atoms with Crippen molar-refractivity contribution in [2.24, 2.45) is 0 Å². The fourth-order valence-electron chi connectivity index (χ4n) is 1.34. The van der Waals surface area contributed by atoms with Crippen LogP contribution in [0.25, 0.3) is 10.9 Å². The number of aromatic amines is 1. The fraction of sp³-hybridized carbons (Fsp3) is 0.111. The van der Waals surface area contributed by atoms with Crippen molar-refractivity contribution in [2.45, 2.75) is 6.92 Å². The van der Waals surface area contributed by atoms with Gasteiger partial charge in [-0.1, -0.05) is 11.6 Å². The number of aromatic nitrogens is 1. The number of benzene rings is 1. The number of nitrogens with two attached hydrogens (primary N) is 1. The molecule has 1 aromatic heterocycles. The zero-order chi connectivity index (χ0) is 8.72. The molecule has 0 fully saturated rings. The van der Waals surface area contributed by atoms with E-state index in [0.717, 1.165) is 27.2 Å². The molecule has 0 saturated heterocycles. The Morgan fingerprint density at radius 2 is 2.17 bits per heavy atom. The van der Waals surface area contributed by atoms with Gasteiger partial charge in [-0.05, 0) is 24.6 Å². The van der Waals surface area contributed by atoms with Gasteiger partial charge < -0.3 is 10.7 Å². The molecule has 0 aliphatic heterocycles. The molecule has 0 atom stereocenters. The lowest BCUT2D eigenvalue weighted by Crippen LogP contribution is -1.81. The van der Waals surface area contributed by atoms with Gasteiger partial charge in [-0.15, -0.1) is 0 Å². The summed E-state index contributed by atoms with van der Waals surface area (Å²) in [4.78, 5) is 3.09. The van der Waals surface area contributed by atoms with Crippen LogP contribution in [-0.4, -0.2) is 4.98 Å². The molecule has 2 nitrogen and oxygen atoms in total. The molecule has 0 aliphatic rings. The monoisotopic (exact) mass is 180 g/mol. The van der Waals surface area contributed by atoms with Gasteiger partial charge >= 0.3 is 0 Å². The van der Waals surface area contributed by atoms with E-state index < -0.39 is 0 Å². The van der Waals surface area contributed by atoms with Gasteiger partial charge in [0.2, 0.25) is 0 Å². The number of nitrogen functional groups attached to an aromatic ring is 1. The second-order valence-corrected chi connectivity index (χ2v) is 3.25. The number of anilines is 1. The van der Waals surface area contributed by atoms with Crippen LogP contribution in [0.1, 0.15) is 5.56 Å². The van der Waals surface area contributed by atoms with Crippen LogP contribution in [0.4, 0.5) is 5.69 Å². The summed E-state index contributed by atoms with van der Waals surface area (Å²) in [5.74, 6) is 0. The Labute approximate surface area is 75.3 Å². The summed E-state index contributed by atoms with van der Waals surface area (Å²) in [5.41, 5.74) is 8.56. The standard InChI is InChI=1S/C9H9ClN2/c1-5-7(10)3-2-6-8(11)4-12-9(5)6/h2-4,12H,11H2,1H3. The second-order valence-electron chi connectivity index (χ2n) is 2.84. The van der Waals surface area contributed by atoms with Crippen molar-refractivity contribution in [2.75, 3.05) is 5.73 Å². The van der Waals surface area contributed by atoms with Crippen LogP contribution in [0.3, 0.4) is 0 Å². The van der Waals surface area contributed by atoms with E-state index in [-0.39, 0.29) is 0 Å². The number of rotatable bonds is 0. The quantitative estimate of drug-likeness (QED) is 0.643. The highest BCUT2D eigenvalue weighted by molar-refractivity contribution is 6.32. The smallest absolute Gasteiger partial charge is 0.0571 e. The molecule has 1 aromatic carbocycles. The number of aryl methyl sites for hydroxylation is 1. The lowest BCUT2D eigenvalue weighted by atomic mass is 10.1. The summed E-state index contributed by atoms with van der Waals surface area (Å²) in [5, 5.41) is 1.81. The predicted octanol–water partition coefficient (Wildman–Crippen LogP) is 2.71. The number of halogens is 1. The van der Waals surface area contributed by atoms with Gasteiger partial charge in [0.25, 0.3) is 0 Å². The molecular formula is C9H9ClN2. The Morgan fingerprint density at radius 3 is 2.92 bits per heavy atom. The molecule has 0 saturated carbocycles. The Balaban J connectivity index is 2.93. The largest absolute Gasteiger partial charge is 0.397 e. The molecule has 3 heteroatoms. The topological polar surface area (TPSA) is 41.8 Å². The molecule has 62 valence electrons. The summed E-state index contributed by atoms with van der Waals surface area (Å²) in [7, 11) is 0. The molecule has 0 spiro atoms. The summed E-state index contributed by atoms with van der Waals surface area (Å²) in [6.45, 7) is 1.97. The maximum atomic E-state index is 5.94. The van der Waals surface area contributed by atoms with Crippen molar-refractivity contribution < 1.29 is 0 Å². The molecule has 2 aromatic rings. The van der Waals surface area contributed by atoms with E-state index in [0.29, 0.717) is 0 Å². The third-order valence-corrected chi connectivity index (χ3v) is 2.49. The number of hydrogen-bond acceptors (Lipinski definition) is 1. The summed E-state index contributed by atoms with van der Waals surface area (Å²) >= 11 is 5.94. The van der Waals surface area contributed by atoms with Crippen LogP contribution in [0.15, 0.2) is 18.3 Å². The van der Waals surface area contributed by atoms with Crippen molar-refractivity contribution in [3.63, 3.8) is 0 Å². The average molecular weight is 181 g/mol. The number of H-pyrrole nitrogens is 1. The summed E-state index contributed by atoms with van der Waals surface area (Å²) < 4.78 is 0. The Kier molecular flexibility index (Phi) is 1.51. The normalized spacial score (nSPS) is 10.8. The molecule has 0 unspecified atom stereocenters. The first-order chi connectivity index (χ1) is 5.70. The molecule has 0 radical (unpaired) electrons. The first-order valence-corrected chi connectivity index (χ1v) is 4.09. The molecule has 0 amide bonds. The van der Waals surface area contributed by atoms with Gasteiger partial charge in [-0.2, -0.15) is 0 Å². The van der Waals surface area contributed by atoms with E-state index in [2.05, 4.69) is 4.98 Å². The van der Waals surface area contributed by atoms with Crippen molar-refractivity contribution in [3.8, 4) is 0 Å². The molecule has 12 heavy (non-hydrogen) atoms. The van der Waals surface area contributed by atoms with E-state index in [1.807, 2.05) is 19.1 Å². The third kappa shape index (κ3) is 0.883. The molecule has 0 aliphatic carbocycles. The number of nitrogens with one attached hydrogen (secondary N) is 1.